The molecule has 2 aromatic rings. The molecule has 0 saturated carbocycles. The van der Waals surface area contributed by atoms with Gasteiger partial charge in [-0.15, -0.1) is 0 Å². The number of nitrogens with one attached hydrogen (secondary N) is 1. The zero-order valence-corrected chi connectivity index (χ0v) is 13.6. The van der Waals surface area contributed by atoms with Crippen LogP contribution in [0.15, 0.2) is 30.3 Å². The lowest BCUT2D eigenvalue weighted by Crippen LogP contribution is -2.30. The van der Waals surface area contributed by atoms with Gasteiger partial charge in [0.05, 0.1) is 13.2 Å². The number of methoxy groups -OCH3 is 1. The highest BCUT2D eigenvalue weighted by Gasteiger charge is 2.21. The quantitative estimate of drug-likeness (QED) is 0.666. The Morgan fingerprint density at radius 1 is 1.05 bits per heavy atom. The van der Waals surface area contributed by atoms with Crippen LogP contribution in [0, 0.1) is 20.8 Å². The first-order chi connectivity index (χ1) is 10.0. The molecule has 0 heterocycles. The van der Waals surface area contributed by atoms with Gasteiger partial charge in [-0.1, -0.05) is 35.9 Å². The third-order valence-electron chi connectivity index (χ3n) is 4.01. The molecule has 0 spiro atoms. The van der Waals surface area contributed by atoms with Gasteiger partial charge < -0.3 is 4.74 Å². The molecule has 0 aromatic heterocycles. The van der Waals surface area contributed by atoms with Gasteiger partial charge in [-0.3, -0.25) is 5.84 Å². The molecule has 4 heteroatoms. The average molecular weight is 305 g/mol. The Bertz CT molecular complexity index is 655. The van der Waals surface area contributed by atoms with E-state index in [-0.39, 0.29) is 6.04 Å². The fourth-order valence-electron chi connectivity index (χ4n) is 2.59. The van der Waals surface area contributed by atoms with Crippen LogP contribution in [0.25, 0.3) is 0 Å². The van der Waals surface area contributed by atoms with Gasteiger partial charge in [0.15, 0.2) is 0 Å². The largest absolute Gasteiger partial charge is 0.496 e. The molecule has 1 atom stereocenters. The Hall–Kier alpha value is -1.55. The minimum atomic E-state index is -0.169. The molecule has 0 aliphatic rings. The van der Waals surface area contributed by atoms with Crippen LogP contribution in [-0.4, -0.2) is 7.11 Å². The Morgan fingerprint density at radius 2 is 1.76 bits per heavy atom. The topological polar surface area (TPSA) is 47.3 Å². The highest BCUT2D eigenvalue weighted by molar-refractivity contribution is 6.31. The number of hydrogen-bond donors (Lipinski definition) is 2. The summed E-state index contributed by atoms with van der Waals surface area (Å²) in [6.07, 6.45) is 0. The average Bonchev–Trinajstić information content (AvgIpc) is 2.48. The van der Waals surface area contributed by atoms with Crippen LogP contribution in [0.4, 0.5) is 0 Å². The monoisotopic (exact) mass is 304 g/mol. The van der Waals surface area contributed by atoms with Gasteiger partial charge in [0.1, 0.15) is 5.75 Å². The van der Waals surface area contributed by atoms with Crippen LogP contribution < -0.4 is 16.0 Å². The van der Waals surface area contributed by atoms with Crippen LogP contribution in [0.5, 0.6) is 5.75 Å². The molecule has 112 valence electrons. The lowest BCUT2D eigenvalue weighted by Gasteiger charge is -2.23. The van der Waals surface area contributed by atoms with E-state index < -0.39 is 0 Å². The third kappa shape index (κ3) is 2.91. The molecule has 1 unspecified atom stereocenters. The molecule has 0 radical (unpaired) electrons. The van der Waals surface area contributed by atoms with Crippen molar-refractivity contribution in [3.8, 4) is 5.75 Å². The summed E-state index contributed by atoms with van der Waals surface area (Å²) in [5, 5.41) is 0.732. The molecule has 0 amide bonds. The minimum Gasteiger partial charge on any atom is -0.496 e. The van der Waals surface area contributed by atoms with Gasteiger partial charge >= 0.3 is 0 Å². The zero-order chi connectivity index (χ0) is 15.6. The normalized spacial score (nSPS) is 12.3. The van der Waals surface area contributed by atoms with Gasteiger partial charge in [0.25, 0.3) is 0 Å². The predicted molar refractivity (Wildman–Crippen MR) is 87.8 cm³/mol. The maximum absolute atomic E-state index is 6.23. The molecular formula is C17H21ClN2O. The first-order valence-electron chi connectivity index (χ1n) is 6.86. The fourth-order valence-corrected chi connectivity index (χ4v) is 2.78. The Morgan fingerprint density at radius 3 is 2.38 bits per heavy atom. The second-order valence-electron chi connectivity index (χ2n) is 5.18. The van der Waals surface area contributed by atoms with Gasteiger partial charge in [-0.05, 0) is 49.1 Å². The summed E-state index contributed by atoms with van der Waals surface area (Å²) in [5.41, 5.74) is 8.27. The van der Waals surface area contributed by atoms with Crippen LogP contribution in [-0.2, 0) is 0 Å². The summed E-state index contributed by atoms with van der Waals surface area (Å²) < 4.78 is 5.60. The van der Waals surface area contributed by atoms with Crippen LogP contribution >= 0.6 is 11.6 Å². The van der Waals surface area contributed by atoms with Crippen molar-refractivity contribution in [3.05, 3.63) is 63.2 Å². The molecule has 0 aliphatic heterocycles. The lowest BCUT2D eigenvalue weighted by atomic mass is 9.92. The number of benzene rings is 2. The van der Waals surface area contributed by atoms with E-state index in [0.29, 0.717) is 0 Å². The number of ether oxygens (including phenoxy) is 1. The molecule has 3 N–H and O–H groups in total. The van der Waals surface area contributed by atoms with Crippen molar-refractivity contribution >= 4 is 11.6 Å². The summed E-state index contributed by atoms with van der Waals surface area (Å²) in [4.78, 5) is 0. The number of hydrazine groups is 1. The standard InChI is InChI=1S/C17H21ClN2O/c1-10-8-9-14(17(21-4)11(10)2)16(20-19)13-6-5-7-15(18)12(13)3/h5-9,16,20H,19H2,1-4H3. The second-order valence-corrected chi connectivity index (χ2v) is 5.59. The molecule has 0 aliphatic carbocycles. The highest BCUT2D eigenvalue weighted by atomic mass is 35.5. The van der Waals surface area contributed by atoms with Gasteiger partial charge in [-0.25, -0.2) is 5.43 Å². The maximum atomic E-state index is 6.23. The van der Waals surface area contributed by atoms with Crippen LogP contribution in [0.3, 0.4) is 0 Å². The first kappa shape index (κ1) is 15.8. The molecule has 0 bridgehead atoms. The Balaban J connectivity index is 2.62. The van der Waals surface area contributed by atoms with Crippen molar-refractivity contribution in [2.24, 2.45) is 5.84 Å². The number of halogens is 1. The molecule has 2 rings (SSSR count). The predicted octanol–water partition coefficient (Wildman–Crippen LogP) is 3.83. The Labute approximate surface area is 131 Å². The summed E-state index contributed by atoms with van der Waals surface area (Å²) in [7, 11) is 1.68. The third-order valence-corrected chi connectivity index (χ3v) is 4.42. The maximum Gasteiger partial charge on any atom is 0.127 e. The van der Waals surface area contributed by atoms with Gasteiger partial charge in [-0.2, -0.15) is 0 Å². The lowest BCUT2D eigenvalue weighted by molar-refractivity contribution is 0.400. The summed E-state index contributed by atoms with van der Waals surface area (Å²) in [6, 6.07) is 9.80. The summed E-state index contributed by atoms with van der Waals surface area (Å²) in [6.45, 7) is 6.11. The van der Waals surface area contributed by atoms with Crippen molar-refractivity contribution in [1.82, 2.24) is 5.43 Å². The molecule has 0 fully saturated rings. The number of rotatable bonds is 4. The van der Waals surface area contributed by atoms with E-state index in [2.05, 4.69) is 25.3 Å². The van der Waals surface area contributed by atoms with Crippen molar-refractivity contribution < 1.29 is 4.74 Å². The first-order valence-corrected chi connectivity index (χ1v) is 7.24. The van der Waals surface area contributed by atoms with E-state index >= 15 is 0 Å². The number of nitrogens with two attached hydrogens (primary N) is 1. The van der Waals surface area contributed by atoms with Gasteiger partial charge in [0, 0.05) is 10.6 Å². The Kier molecular flexibility index (Phi) is 4.88. The number of aryl methyl sites for hydroxylation is 1. The fraction of sp³-hybridized carbons (Fsp3) is 0.294. The van der Waals surface area contributed by atoms with E-state index in [1.807, 2.05) is 31.2 Å². The zero-order valence-electron chi connectivity index (χ0n) is 12.8. The van der Waals surface area contributed by atoms with Crippen molar-refractivity contribution in [2.75, 3.05) is 7.11 Å². The SMILES string of the molecule is COc1c(C(NN)c2cccc(Cl)c2C)ccc(C)c1C. The van der Waals surface area contributed by atoms with Gasteiger partial charge in [0.2, 0.25) is 0 Å². The van der Waals surface area contributed by atoms with Crippen molar-refractivity contribution in [1.29, 1.82) is 0 Å². The highest BCUT2D eigenvalue weighted by Crippen LogP contribution is 2.36. The molecule has 2 aromatic carbocycles. The summed E-state index contributed by atoms with van der Waals surface area (Å²) >= 11 is 6.23. The summed E-state index contributed by atoms with van der Waals surface area (Å²) in [5.74, 6) is 6.68. The van der Waals surface area contributed by atoms with Crippen LogP contribution in [0.2, 0.25) is 5.02 Å². The second kappa shape index (κ2) is 6.48. The van der Waals surface area contributed by atoms with Crippen molar-refractivity contribution in [3.63, 3.8) is 0 Å². The van der Waals surface area contributed by atoms with Crippen LogP contribution in [0.1, 0.15) is 33.9 Å². The van der Waals surface area contributed by atoms with E-state index in [1.54, 1.807) is 7.11 Å². The van der Waals surface area contributed by atoms with E-state index in [9.17, 15) is 0 Å². The number of hydrogen-bond acceptors (Lipinski definition) is 3. The smallest absolute Gasteiger partial charge is 0.127 e. The minimum absolute atomic E-state index is 0.169. The van der Waals surface area contributed by atoms with E-state index in [4.69, 9.17) is 22.2 Å². The van der Waals surface area contributed by atoms with Crippen molar-refractivity contribution in [2.45, 2.75) is 26.8 Å². The molecule has 0 saturated heterocycles. The molecular weight excluding hydrogens is 284 g/mol. The molecule has 3 nitrogen and oxygen atoms in total. The van der Waals surface area contributed by atoms with E-state index in [0.717, 1.165) is 33.0 Å². The van der Waals surface area contributed by atoms with E-state index in [1.165, 1.54) is 5.56 Å². The molecule has 21 heavy (non-hydrogen) atoms.